The second-order valence-electron chi connectivity index (χ2n) is 7.02. The first-order valence-corrected chi connectivity index (χ1v) is 9.47. The molecule has 144 valence electrons. The molecule has 2 aromatic carbocycles. The first kappa shape index (κ1) is 19.1. The van der Waals surface area contributed by atoms with Crippen molar-refractivity contribution in [2.45, 2.75) is 19.8 Å². The predicted octanol–water partition coefficient (Wildman–Crippen LogP) is 3.55. The molecule has 1 saturated heterocycles. The number of carbonyl (C=O) groups is 1. The SMILES string of the molecule is COc1ccccc1OCC(=O)N1CCN(c2ccccc2C(C)C)CC1. The Hall–Kier alpha value is -2.69. The quantitative estimate of drug-likeness (QED) is 0.782. The van der Waals surface area contributed by atoms with Crippen LogP contribution in [0.3, 0.4) is 0 Å². The summed E-state index contributed by atoms with van der Waals surface area (Å²) in [6.07, 6.45) is 0. The molecule has 0 atom stereocenters. The number of hydrogen-bond donors (Lipinski definition) is 0. The van der Waals surface area contributed by atoms with Crippen molar-refractivity contribution in [3.05, 3.63) is 54.1 Å². The zero-order valence-electron chi connectivity index (χ0n) is 16.4. The summed E-state index contributed by atoms with van der Waals surface area (Å²) < 4.78 is 10.9. The number of para-hydroxylation sites is 3. The highest BCUT2D eigenvalue weighted by molar-refractivity contribution is 5.78. The molecule has 0 bridgehead atoms. The summed E-state index contributed by atoms with van der Waals surface area (Å²) in [5.41, 5.74) is 2.64. The van der Waals surface area contributed by atoms with Gasteiger partial charge in [0.25, 0.3) is 5.91 Å². The number of carbonyl (C=O) groups excluding carboxylic acids is 1. The Morgan fingerprint density at radius 3 is 2.26 bits per heavy atom. The fourth-order valence-electron chi connectivity index (χ4n) is 3.43. The molecule has 0 radical (unpaired) electrons. The molecule has 5 nitrogen and oxygen atoms in total. The summed E-state index contributed by atoms with van der Waals surface area (Å²) in [7, 11) is 1.60. The lowest BCUT2D eigenvalue weighted by atomic mass is 10.00. The van der Waals surface area contributed by atoms with Gasteiger partial charge in [-0.2, -0.15) is 0 Å². The van der Waals surface area contributed by atoms with Crippen LogP contribution in [0.25, 0.3) is 0 Å². The van der Waals surface area contributed by atoms with E-state index in [0.717, 1.165) is 13.1 Å². The summed E-state index contributed by atoms with van der Waals surface area (Å²) in [6, 6.07) is 15.9. The van der Waals surface area contributed by atoms with E-state index < -0.39 is 0 Å². The molecule has 1 fully saturated rings. The Labute approximate surface area is 161 Å². The van der Waals surface area contributed by atoms with Crippen molar-refractivity contribution in [1.29, 1.82) is 0 Å². The van der Waals surface area contributed by atoms with Gasteiger partial charge in [-0.3, -0.25) is 4.79 Å². The highest BCUT2D eigenvalue weighted by Gasteiger charge is 2.23. The van der Waals surface area contributed by atoms with Crippen molar-refractivity contribution in [2.24, 2.45) is 0 Å². The molecule has 1 amide bonds. The summed E-state index contributed by atoms with van der Waals surface area (Å²) in [4.78, 5) is 16.8. The van der Waals surface area contributed by atoms with E-state index in [-0.39, 0.29) is 12.5 Å². The van der Waals surface area contributed by atoms with Gasteiger partial charge in [-0.1, -0.05) is 44.2 Å². The van der Waals surface area contributed by atoms with E-state index in [0.29, 0.717) is 30.5 Å². The number of hydrogen-bond acceptors (Lipinski definition) is 4. The lowest BCUT2D eigenvalue weighted by molar-refractivity contribution is -0.133. The van der Waals surface area contributed by atoms with Crippen LogP contribution < -0.4 is 14.4 Å². The van der Waals surface area contributed by atoms with Crippen molar-refractivity contribution in [3.8, 4) is 11.5 Å². The van der Waals surface area contributed by atoms with Crippen LogP contribution in [-0.2, 0) is 4.79 Å². The molecule has 0 unspecified atom stereocenters. The molecule has 1 heterocycles. The summed E-state index contributed by atoms with van der Waals surface area (Å²) in [6.45, 7) is 7.56. The van der Waals surface area contributed by atoms with Gasteiger partial charge in [0.05, 0.1) is 7.11 Å². The van der Waals surface area contributed by atoms with Gasteiger partial charge in [0, 0.05) is 31.9 Å². The molecule has 0 aromatic heterocycles. The Bertz CT molecular complexity index is 768. The smallest absolute Gasteiger partial charge is 0.260 e. The van der Waals surface area contributed by atoms with E-state index >= 15 is 0 Å². The van der Waals surface area contributed by atoms with Gasteiger partial charge in [0.1, 0.15) is 0 Å². The Morgan fingerprint density at radius 2 is 1.59 bits per heavy atom. The van der Waals surface area contributed by atoms with E-state index in [1.807, 2.05) is 29.2 Å². The van der Waals surface area contributed by atoms with Crippen LogP contribution in [0, 0.1) is 0 Å². The highest BCUT2D eigenvalue weighted by atomic mass is 16.5. The predicted molar refractivity (Wildman–Crippen MR) is 108 cm³/mol. The lowest BCUT2D eigenvalue weighted by Gasteiger charge is -2.37. The second kappa shape index (κ2) is 8.80. The second-order valence-corrected chi connectivity index (χ2v) is 7.02. The summed E-state index contributed by atoms with van der Waals surface area (Å²) in [5.74, 6) is 1.73. The molecule has 5 heteroatoms. The minimum Gasteiger partial charge on any atom is -0.493 e. The third kappa shape index (κ3) is 4.54. The van der Waals surface area contributed by atoms with E-state index in [4.69, 9.17) is 9.47 Å². The first-order valence-electron chi connectivity index (χ1n) is 9.47. The minimum atomic E-state index is 0.0118. The lowest BCUT2D eigenvalue weighted by Crippen LogP contribution is -2.50. The van der Waals surface area contributed by atoms with Gasteiger partial charge in [-0.15, -0.1) is 0 Å². The standard InChI is InChI=1S/C22H28N2O3/c1-17(2)18-8-4-5-9-19(18)23-12-14-24(15-13-23)22(25)16-27-21-11-7-6-10-20(21)26-3/h4-11,17H,12-16H2,1-3H3. The van der Waals surface area contributed by atoms with Crippen LogP contribution >= 0.6 is 0 Å². The molecular weight excluding hydrogens is 340 g/mol. The topological polar surface area (TPSA) is 42.0 Å². The Kier molecular flexibility index (Phi) is 6.22. The number of nitrogens with zero attached hydrogens (tertiary/aromatic N) is 2. The number of methoxy groups -OCH3 is 1. The fourth-order valence-corrected chi connectivity index (χ4v) is 3.43. The number of benzene rings is 2. The monoisotopic (exact) mass is 368 g/mol. The first-order chi connectivity index (χ1) is 13.1. The molecule has 0 aliphatic carbocycles. The van der Waals surface area contributed by atoms with E-state index in [2.05, 4.69) is 43.0 Å². The molecular formula is C22H28N2O3. The van der Waals surface area contributed by atoms with Gasteiger partial charge in [-0.05, 0) is 29.7 Å². The van der Waals surface area contributed by atoms with Crippen LogP contribution in [0.5, 0.6) is 11.5 Å². The Morgan fingerprint density at radius 1 is 0.963 bits per heavy atom. The number of piperazine rings is 1. The zero-order valence-corrected chi connectivity index (χ0v) is 16.4. The van der Waals surface area contributed by atoms with Crippen LogP contribution in [0.2, 0.25) is 0 Å². The summed E-state index contributed by atoms with van der Waals surface area (Å²) >= 11 is 0. The third-order valence-electron chi connectivity index (χ3n) is 4.95. The van der Waals surface area contributed by atoms with E-state index in [1.54, 1.807) is 7.11 Å². The van der Waals surface area contributed by atoms with Crippen LogP contribution in [-0.4, -0.2) is 50.7 Å². The third-order valence-corrected chi connectivity index (χ3v) is 4.95. The molecule has 3 rings (SSSR count). The average Bonchev–Trinajstić information content (AvgIpc) is 2.72. The molecule has 1 aliphatic heterocycles. The normalized spacial score (nSPS) is 14.4. The number of anilines is 1. The van der Waals surface area contributed by atoms with Gasteiger partial charge < -0.3 is 19.3 Å². The number of rotatable bonds is 6. The van der Waals surface area contributed by atoms with Gasteiger partial charge >= 0.3 is 0 Å². The fraction of sp³-hybridized carbons (Fsp3) is 0.409. The van der Waals surface area contributed by atoms with Crippen molar-refractivity contribution in [1.82, 2.24) is 4.90 Å². The zero-order chi connectivity index (χ0) is 19.2. The van der Waals surface area contributed by atoms with Crippen LogP contribution in [0.4, 0.5) is 5.69 Å². The maximum Gasteiger partial charge on any atom is 0.260 e. The molecule has 27 heavy (non-hydrogen) atoms. The van der Waals surface area contributed by atoms with Gasteiger partial charge in [-0.25, -0.2) is 0 Å². The Balaban J connectivity index is 1.55. The minimum absolute atomic E-state index is 0.0118. The largest absolute Gasteiger partial charge is 0.493 e. The molecule has 1 aliphatic rings. The van der Waals surface area contributed by atoms with Gasteiger partial charge in [0.15, 0.2) is 18.1 Å². The van der Waals surface area contributed by atoms with Crippen molar-refractivity contribution in [3.63, 3.8) is 0 Å². The van der Waals surface area contributed by atoms with E-state index in [9.17, 15) is 4.79 Å². The average molecular weight is 368 g/mol. The van der Waals surface area contributed by atoms with Gasteiger partial charge in [0.2, 0.25) is 0 Å². The van der Waals surface area contributed by atoms with Crippen molar-refractivity contribution in [2.75, 3.05) is 44.8 Å². The van der Waals surface area contributed by atoms with Crippen LogP contribution in [0.1, 0.15) is 25.3 Å². The van der Waals surface area contributed by atoms with Crippen molar-refractivity contribution < 1.29 is 14.3 Å². The van der Waals surface area contributed by atoms with E-state index in [1.165, 1.54) is 11.3 Å². The van der Waals surface area contributed by atoms with Crippen molar-refractivity contribution >= 4 is 11.6 Å². The molecule has 0 spiro atoms. The molecule has 0 N–H and O–H groups in total. The van der Waals surface area contributed by atoms with Crippen LogP contribution in [0.15, 0.2) is 48.5 Å². The summed E-state index contributed by atoms with van der Waals surface area (Å²) in [5, 5.41) is 0. The maximum absolute atomic E-state index is 12.5. The molecule has 2 aromatic rings. The number of amides is 1. The molecule has 0 saturated carbocycles. The highest BCUT2D eigenvalue weighted by Crippen LogP contribution is 2.28. The number of ether oxygens (including phenoxy) is 2. The maximum atomic E-state index is 12.5.